The molecule has 0 heterocycles. The molecule has 1 nitrogen and oxygen atoms in total. The van der Waals surface area contributed by atoms with Crippen molar-refractivity contribution >= 4 is 0 Å². The molecule has 0 aromatic heterocycles. The van der Waals surface area contributed by atoms with Crippen LogP contribution in [0.15, 0.2) is 24.3 Å². The Labute approximate surface area is 92.1 Å². The van der Waals surface area contributed by atoms with Gasteiger partial charge in [0.05, 0.1) is 6.10 Å². The van der Waals surface area contributed by atoms with E-state index in [2.05, 4.69) is 31.2 Å². The third-order valence-electron chi connectivity index (χ3n) is 3.55. The first-order valence-electron chi connectivity index (χ1n) is 6.08. The normalized spacial score (nSPS) is 19.3. The van der Waals surface area contributed by atoms with Crippen molar-refractivity contribution in [2.24, 2.45) is 5.92 Å². The minimum Gasteiger partial charge on any atom is -0.388 e. The number of hydrogen-bond donors (Lipinski definition) is 1. The predicted octanol–water partition coefficient (Wildman–Crippen LogP) is 3.47. The van der Waals surface area contributed by atoms with Crippen LogP contribution in [0.2, 0.25) is 0 Å². The smallest absolute Gasteiger partial charge is 0.0818 e. The fraction of sp³-hybridized carbons (Fsp3) is 0.571. The first-order valence-corrected chi connectivity index (χ1v) is 6.08. The Kier molecular flexibility index (Phi) is 3.42. The molecule has 1 aromatic rings. The van der Waals surface area contributed by atoms with Crippen molar-refractivity contribution in [3.8, 4) is 0 Å². The van der Waals surface area contributed by atoms with E-state index in [4.69, 9.17) is 0 Å². The fourth-order valence-electron chi connectivity index (χ4n) is 2.54. The second-order valence-electron chi connectivity index (χ2n) is 4.59. The third-order valence-corrected chi connectivity index (χ3v) is 3.55. The summed E-state index contributed by atoms with van der Waals surface area (Å²) >= 11 is 0. The molecule has 0 aliphatic heterocycles. The van der Waals surface area contributed by atoms with E-state index in [1.54, 1.807) is 0 Å². The number of rotatable bonds is 3. The number of aliphatic hydroxyl groups is 1. The van der Waals surface area contributed by atoms with Crippen LogP contribution >= 0.6 is 0 Å². The summed E-state index contributed by atoms with van der Waals surface area (Å²) in [5.74, 6) is 0.497. The average Bonchev–Trinajstić information content (AvgIpc) is 2.81. The maximum Gasteiger partial charge on any atom is 0.0818 e. The summed E-state index contributed by atoms with van der Waals surface area (Å²) in [6.07, 6.45) is 5.77. The van der Waals surface area contributed by atoms with Crippen molar-refractivity contribution in [3.63, 3.8) is 0 Å². The molecule has 1 unspecified atom stereocenters. The molecule has 0 amide bonds. The van der Waals surface area contributed by atoms with Crippen LogP contribution < -0.4 is 0 Å². The lowest BCUT2D eigenvalue weighted by Gasteiger charge is -2.18. The molecule has 1 heteroatoms. The topological polar surface area (TPSA) is 20.2 Å². The van der Waals surface area contributed by atoms with Crippen LogP contribution in [0.3, 0.4) is 0 Å². The molecule has 1 aliphatic rings. The summed E-state index contributed by atoms with van der Waals surface area (Å²) in [5.41, 5.74) is 2.44. The highest BCUT2D eigenvalue weighted by Gasteiger charge is 2.24. The van der Waals surface area contributed by atoms with Crippen molar-refractivity contribution < 1.29 is 5.11 Å². The van der Waals surface area contributed by atoms with Gasteiger partial charge in [-0.2, -0.15) is 0 Å². The summed E-state index contributed by atoms with van der Waals surface area (Å²) in [7, 11) is 0. The highest BCUT2D eigenvalue weighted by Crippen LogP contribution is 2.35. The Morgan fingerprint density at radius 3 is 2.73 bits per heavy atom. The van der Waals surface area contributed by atoms with Crippen LogP contribution in [0, 0.1) is 5.92 Å². The lowest BCUT2D eigenvalue weighted by atomic mass is 9.93. The predicted molar refractivity (Wildman–Crippen MR) is 62.7 cm³/mol. The van der Waals surface area contributed by atoms with E-state index in [0.29, 0.717) is 5.92 Å². The number of benzene rings is 1. The molecule has 1 N–H and O–H groups in total. The van der Waals surface area contributed by atoms with Crippen LogP contribution in [-0.2, 0) is 6.42 Å². The minimum absolute atomic E-state index is 0.237. The van der Waals surface area contributed by atoms with Gasteiger partial charge in [-0.3, -0.25) is 0 Å². The van der Waals surface area contributed by atoms with Gasteiger partial charge >= 0.3 is 0 Å². The summed E-state index contributed by atoms with van der Waals surface area (Å²) in [5, 5.41) is 10.2. The number of aryl methyl sites for hydroxylation is 1. The maximum absolute atomic E-state index is 10.2. The van der Waals surface area contributed by atoms with Gasteiger partial charge in [0.1, 0.15) is 0 Å². The molecular formula is C14H20O. The van der Waals surface area contributed by atoms with Gasteiger partial charge in [0.25, 0.3) is 0 Å². The standard InChI is InChI=1S/C14H20O/c1-2-11-6-5-9-13(10-11)14(15)12-7-3-4-8-12/h5-6,9-10,12,14-15H,2-4,7-8H2,1H3. The van der Waals surface area contributed by atoms with Crippen LogP contribution in [0.4, 0.5) is 0 Å². The van der Waals surface area contributed by atoms with Crippen molar-refractivity contribution in [1.29, 1.82) is 0 Å². The minimum atomic E-state index is -0.237. The van der Waals surface area contributed by atoms with Gasteiger partial charge in [-0.25, -0.2) is 0 Å². The van der Waals surface area contributed by atoms with Gasteiger partial charge in [0.15, 0.2) is 0 Å². The van der Waals surface area contributed by atoms with E-state index in [0.717, 1.165) is 12.0 Å². The average molecular weight is 204 g/mol. The van der Waals surface area contributed by atoms with Gasteiger partial charge in [0, 0.05) is 0 Å². The summed E-state index contributed by atoms with van der Waals surface area (Å²) in [6, 6.07) is 8.41. The second kappa shape index (κ2) is 4.80. The van der Waals surface area contributed by atoms with E-state index in [-0.39, 0.29) is 6.10 Å². The zero-order chi connectivity index (χ0) is 10.7. The maximum atomic E-state index is 10.2. The Bertz CT molecular complexity index is 313. The van der Waals surface area contributed by atoms with Gasteiger partial charge in [-0.1, -0.05) is 44.0 Å². The molecule has 15 heavy (non-hydrogen) atoms. The number of aliphatic hydroxyl groups excluding tert-OH is 1. The second-order valence-corrected chi connectivity index (χ2v) is 4.59. The molecule has 82 valence electrons. The van der Waals surface area contributed by atoms with Gasteiger partial charge in [-0.15, -0.1) is 0 Å². The molecular weight excluding hydrogens is 184 g/mol. The monoisotopic (exact) mass is 204 g/mol. The molecule has 2 rings (SSSR count). The van der Waals surface area contributed by atoms with Crippen LogP contribution in [-0.4, -0.2) is 5.11 Å². The summed E-state index contributed by atoms with van der Waals surface area (Å²) < 4.78 is 0. The summed E-state index contributed by atoms with van der Waals surface area (Å²) in [6.45, 7) is 2.15. The Balaban J connectivity index is 2.13. The molecule has 0 spiro atoms. The zero-order valence-electron chi connectivity index (χ0n) is 9.45. The molecule has 1 atom stereocenters. The van der Waals surface area contributed by atoms with E-state index >= 15 is 0 Å². The van der Waals surface area contributed by atoms with Gasteiger partial charge < -0.3 is 5.11 Å². The van der Waals surface area contributed by atoms with Crippen molar-refractivity contribution in [2.45, 2.75) is 45.1 Å². The van der Waals surface area contributed by atoms with Crippen LogP contribution in [0.5, 0.6) is 0 Å². The SMILES string of the molecule is CCc1cccc(C(O)C2CCCC2)c1. The van der Waals surface area contributed by atoms with E-state index in [9.17, 15) is 5.11 Å². The zero-order valence-corrected chi connectivity index (χ0v) is 9.45. The van der Waals surface area contributed by atoms with Crippen LogP contribution in [0.25, 0.3) is 0 Å². The van der Waals surface area contributed by atoms with Gasteiger partial charge in [0.2, 0.25) is 0 Å². The van der Waals surface area contributed by atoms with Gasteiger partial charge in [-0.05, 0) is 36.3 Å². The Morgan fingerprint density at radius 2 is 2.07 bits per heavy atom. The third kappa shape index (κ3) is 2.40. The molecule has 1 aliphatic carbocycles. The van der Waals surface area contributed by atoms with Crippen molar-refractivity contribution in [2.75, 3.05) is 0 Å². The molecule has 0 radical (unpaired) electrons. The first kappa shape index (κ1) is 10.7. The molecule has 0 bridgehead atoms. The molecule has 1 aromatic carbocycles. The highest BCUT2D eigenvalue weighted by atomic mass is 16.3. The van der Waals surface area contributed by atoms with E-state index in [1.165, 1.54) is 31.2 Å². The highest BCUT2D eigenvalue weighted by molar-refractivity contribution is 5.25. The largest absolute Gasteiger partial charge is 0.388 e. The van der Waals surface area contributed by atoms with E-state index in [1.807, 2.05) is 0 Å². The molecule has 1 saturated carbocycles. The Morgan fingerprint density at radius 1 is 1.33 bits per heavy atom. The van der Waals surface area contributed by atoms with E-state index < -0.39 is 0 Å². The fourth-order valence-corrected chi connectivity index (χ4v) is 2.54. The van der Waals surface area contributed by atoms with Crippen molar-refractivity contribution in [3.05, 3.63) is 35.4 Å². The van der Waals surface area contributed by atoms with Crippen LogP contribution in [0.1, 0.15) is 49.8 Å². The molecule has 0 saturated heterocycles. The quantitative estimate of drug-likeness (QED) is 0.799. The first-order chi connectivity index (χ1) is 7.31. The number of hydrogen-bond acceptors (Lipinski definition) is 1. The lowest BCUT2D eigenvalue weighted by Crippen LogP contribution is -2.09. The van der Waals surface area contributed by atoms with Crippen molar-refractivity contribution in [1.82, 2.24) is 0 Å². The summed E-state index contributed by atoms with van der Waals surface area (Å²) in [4.78, 5) is 0. The lowest BCUT2D eigenvalue weighted by molar-refractivity contribution is 0.111. The molecule has 1 fully saturated rings. The Hall–Kier alpha value is -0.820.